The van der Waals surface area contributed by atoms with Crippen LogP contribution in [0.25, 0.3) is 11.4 Å². The van der Waals surface area contributed by atoms with Crippen molar-refractivity contribution < 1.29 is 9.18 Å². The molecule has 0 saturated carbocycles. The van der Waals surface area contributed by atoms with E-state index in [1.807, 2.05) is 6.92 Å². The Balaban J connectivity index is 2.52. The molecule has 4 heteroatoms. The lowest BCUT2D eigenvalue weighted by Gasteiger charge is -2.01. The number of imidazole rings is 1. The highest BCUT2D eigenvalue weighted by atomic mass is 19.1. The molecule has 0 aliphatic rings. The Hall–Kier alpha value is -1.97. The largest absolute Gasteiger partial charge is 0.336 e. The van der Waals surface area contributed by atoms with Crippen LogP contribution < -0.4 is 0 Å². The van der Waals surface area contributed by atoms with E-state index >= 15 is 0 Å². The second-order valence-electron chi connectivity index (χ2n) is 3.26. The second kappa shape index (κ2) is 3.65. The molecule has 0 radical (unpaired) electrons. The summed E-state index contributed by atoms with van der Waals surface area (Å²) in [5.41, 5.74) is 1.96. The van der Waals surface area contributed by atoms with Gasteiger partial charge in [0.05, 0.1) is 11.9 Å². The van der Waals surface area contributed by atoms with Crippen molar-refractivity contribution >= 4 is 6.29 Å². The summed E-state index contributed by atoms with van der Waals surface area (Å²) in [5.74, 6) is 0.189. The van der Waals surface area contributed by atoms with Crippen LogP contribution in [0, 0.1) is 12.7 Å². The minimum atomic E-state index is -0.320. The molecule has 0 saturated heterocycles. The third-order valence-corrected chi connectivity index (χ3v) is 2.18. The van der Waals surface area contributed by atoms with Crippen molar-refractivity contribution in [3.63, 3.8) is 0 Å². The predicted molar refractivity (Wildman–Crippen MR) is 54.1 cm³/mol. The molecule has 15 heavy (non-hydrogen) atoms. The summed E-state index contributed by atoms with van der Waals surface area (Å²) in [6.45, 7) is 1.86. The highest BCUT2D eigenvalue weighted by Crippen LogP contribution is 2.20. The molecular weight excluding hydrogens is 195 g/mol. The van der Waals surface area contributed by atoms with Crippen molar-refractivity contribution in [2.75, 3.05) is 0 Å². The van der Waals surface area contributed by atoms with Gasteiger partial charge in [-0.3, -0.25) is 4.79 Å². The second-order valence-corrected chi connectivity index (χ2v) is 3.26. The van der Waals surface area contributed by atoms with Gasteiger partial charge in [0.15, 0.2) is 6.29 Å². The Morgan fingerprint density at radius 1 is 1.47 bits per heavy atom. The maximum atomic E-state index is 13.0. The lowest BCUT2D eigenvalue weighted by molar-refractivity contribution is 0.111. The van der Waals surface area contributed by atoms with Crippen molar-refractivity contribution in [1.29, 1.82) is 0 Å². The van der Waals surface area contributed by atoms with E-state index in [-0.39, 0.29) is 5.82 Å². The Morgan fingerprint density at radius 2 is 2.27 bits per heavy atom. The molecule has 1 N–H and O–H groups in total. The number of nitrogens with zero attached hydrogens (tertiary/aromatic N) is 1. The number of benzene rings is 1. The number of aryl methyl sites for hydroxylation is 1. The topological polar surface area (TPSA) is 45.8 Å². The monoisotopic (exact) mass is 204 g/mol. The summed E-state index contributed by atoms with van der Waals surface area (Å²) in [6.07, 6.45) is 2.10. The summed E-state index contributed by atoms with van der Waals surface area (Å²) >= 11 is 0. The molecule has 1 aromatic heterocycles. The van der Waals surface area contributed by atoms with E-state index in [0.29, 0.717) is 23.4 Å². The lowest BCUT2D eigenvalue weighted by atomic mass is 10.1. The van der Waals surface area contributed by atoms with Crippen molar-refractivity contribution in [3.8, 4) is 11.4 Å². The van der Waals surface area contributed by atoms with Crippen LogP contribution in [-0.2, 0) is 0 Å². The molecule has 1 heterocycles. The number of hydrogen-bond acceptors (Lipinski definition) is 2. The molecule has 0 aliphatic carbocycles. The number of H-pyrrole nitrogens is 1. The van der Waals surface area contributed by atoms with Gasteiger partial charge in [-0.2, -0.15) is 0 Å². The number of aromatic nitrogens is 2. The molecule has 0 spiro atoms. The first-order chi connectivity index (χ1) is 7.20. The fourth-order valence-electron chi connectivity index (χ4n) is 1.38. The van der Waals surface area contributed by atoms with Crippen LogP contribution in [-0.4, -0.2) is 16.3 Å². The molecule has 2 rings (SSSR count). The van der Waals surface area contributed by atoms with Gasteiger partial charge >= 0.3 is 0 Å². The highest BCUT2D eigenvalue weighted by molar-refractivity contribution is 5.73. The zero-order valence-corrected chi connectivity index (χ0v) is 8.12. The molecule has 0 aliphatic heterocycles. The quantitative estimate of drug-likeness (QED) is 0.763. The Morgan fingerprint density at radius 3 is 2.93 bits per heavy atom. The van der Waals surface area contributed by atoms with E-state index < -0.39 is 0 Å². The smallest absolute Gasteiger partial charge is 0.167 e. The molecule has 0 amide bonds. The van der Waals surface area contributed by atoms with Gasteiger partial charge in [0.1, 0.15) is 11.6 Å². The van der Waals surface area contributed by atoms with Gasteiger partial charge in [-0.15, -0.1) is 0 Å². The van der Waals surface area contributed by atoms with Gasteiger partial charge in [-0.25, -0.2) is 9.37 Å². The molecule has 0 atom stereocenters. The zero-order chi connectivity index (χ0) is 10.8. The van der Waals surface area contributed by atoms with Gasteiger partial charge < -0.3 is 4.98 Å². The number of aromatic amines is 1. The minimum absolute atomic E-state index is 0.320. The molecule has 76 valence electrons. The fourth-order valence-corrected chi connectivity index (χ4v) is 1.38. The third kappa shape index (κ3) is 1.79. The van der Waals surface area contributed by atoms with E-state index in [9.17, 15) is 9.18 Å². The summed E-state index contributed by atoms with van der Waals surface area (Å²) in [4.78, 5) is 17.3. The molecule has 0 bridgehead atoms. The SMILES string of the molecule is Cc1ccc(F)cc1-c1ncc(C=O)[nH]1. The molecule has 0 unspecified atom stereocenters. The molecule has 0 fully saturated rings. The number of halogens is 1. The van der Waals surface area contributed by atoms with E-state index in [4.69, 9.17) is 0 Å². The number of aldehydes is 1. The van der Waals surface area contributed by atoms with Crippen LogP contribution in [0.5, 0.6) is 0 Å². The van der Waals surface area contributed by atoms with Gasteiger partial charge in [0.25, 0.3) is 0 Å². The zero-order valence-electron chi connectivity index (χ0n) is 8.12. The standard InChI is InChI=1S/C11H9FN2O/c1-7-2-3-8(12)4-10(7)11-13-5-9(6-15)14-11/h2-6H,1H3,(H,13,14). The fraction of sp³-hybridized carbons (Fsp3) is 0.0909. The van der Waals surface area contributed by atoms with Crippen LogP contribution in [0.15, 0.2) is 24.4 Å². The number of hydrogen-bond donors (Lipinski definition) is 1. The van der Waals surface area contributed by atoms with Gasteiger partial charge in [-0.05, 0) is 24.6 Å². The van der Waals surface area contributed by atoms with Gasteiger partial charge in [-0.1, -0.05) is 6.07 Å². The van der Waals surface area contributed by atoms with Crippen LogP contribution in [0.1, 0.15) is 16.1 Å². The summed E-state index contributed by atoms with van der Waals surface area (Å²) in [7, 11) is 0. The first-order valence-electron chi connectivity index (χ1n) is 4.47. The molecular formula is C11H9FN2O. The Kier molecular flexibility index (Phi) is 2.33. The lowest BCUT2D eigenvalue weighted by Crippen LogP contribution is -1.87. The highest BCUT2D eigenvalue weighted by Gasteiger charge is 2.07. The summed E-state index contributed by atoms with van der Waals surface area (Å²) < 4.78 is 13.0. The van der Waals surface area contributed by atoms with Crippen molar-refractivity contribution in [3.05, 3.63) is 41.5 Å². The van der Waals surface area contributed by atoms with Gasteiger partial charge in [0.2, 0.25) is 0 Å². The average molecular weight is 204 g/mol. The Labute approximate surface area is 86.0 Å². The van der Waals surface area contributed by atoms with Crippen LogP contribution in [0.3, 0.4) is 0 Å². The maximum Gasteiger partial charge on any atom is 0.167 e. The van der Waals surface area contributed by atoms with Crippen molar-refractivity contribution in [1.82, 2.24) is 9.97 Å². The van der Waals surface area contributed by atoms with Crippen molar-refractivity contribution in [2.45, 2.75) is 6.92 Å². The maximum absolute atomic E-state index is 13.0. The minimum Gasteiger partial charge on any atom is -0.336 e. The van der Waals surface area contributed by atoms with E-state index in [0.717, 1.165) is 5.56 Å². The molecule has 3 nitrogen and oxygen atoms in total. The number of nitrogens with one attached hydrogen (secondary N) is 1. The molecule has 2 aromatic rings. The first kappa shape index (κ1) is 9.58. The van der Waals surface area contributed by atoms with Crippen LogP contribution in [0.2, 0.25) is 0 Å². The van der Waals surface area contributed by atoms with Gasteiger partial charge in [0, 0.05) is 5.56 Å². The van der Waals surface area contributed by atoms with E-state index in [2.05, 4.69) is 9.97 Å². The number of carbonyl (C=O) groups excluding carboxylic acids is 1. The Bertz CT molecular complexity index is 505. The third-order valence-electron chi connectivity index (χ3n) is 2.18. The van der Waals surface area contributed by atoms with Crippen LogP contribution in [0.4, 0.5) is 4.39 Å². The number of rotatable bonds is 2. The van der Waals surface area contributed by atoms with E-state index in [1.54, 1.807) is 6.07 Å². The predicted octanol–water partition coefficient (Wildman–Crippen LogP) is 2.34. The summed E-state index contributed by atoms with van der Waals surface area (Å²) in [6, 6.07) is 4.46. The number of carbonyl (C=O) groups is 1. The van der Waals surface area contributed by atoms with Crippen molar-refractivity contribution in [2.24, 2.45) is 0 Å². The van der Waals surface area contributed by atoms with E-state index in [1.165, 1.54) is 18.3 Å². The molecule has 1 aromatic carbocycles. The van der Waals surface area contributed by atoms with Crippen LogP contribution >= 0.6 is 0 Å². The first-order valence-corrected chi connectivity index (χ1v) is 4.47. The summed E-state index contributed by atoms with van der Waals surface area (Å²) in [5, 5.41) is 0. The normalized spacial score (nSPS) is 10.3. The average Bonchev–Trinajstić information content (AvgIpc) is 2.70.